The molecule has 0 bridgehead atoms. The van der Waals surface area contributed by atoms with Gasteiger partial charge in [-0.3, -0.25) is 0 Å². The van der Waals surface area contributed by atoms with Crippen LogP contribution in [-0.4, -0.2) is 18.3 Å². The van der Waals surface area contributed by atoms with E-state index in [1.165, 1.54) is 5.56 Å². The zero-order valence-corrected chi connectivity index (χ0v) is 12.8. The molecular weight excluding hydrogens is 234 g/mol. The Labute approximate surface area is 118 Å². The van der Waals surface area contributed by atoms with Crippen LogP contribution in [0.5, 0.6) is 0 Å². The van der Waals surface area contributed by atoms with Gasteiger partial charge in [0.15, 0.2) is 0 Å². The average molecular weight is 263 g/mol. The van der Waals surface area contributed by atoms with E-state index >= 15 is 0 Å². The summed E-state index contributed by atoms with van der Waals surface area (Å²) in [4.78, 5) is 0. The average Bonchev–Trinajstić information content (AvgIpc) is 2.43. The molecule has 0 aliphatic rings. The first kappa shape index (κ1) is 16.2. The molecule has 2 unspecified atom stereocenters. The molecule has 0 aromatic heterocycles. The fourth-order valence-electron chi connectivity index (χ4n) is 2.16. The van der Waals surface area contributed by atoms with Crippen molar-refractivity contribution in [1.29, 1.82) is 0 Å². The number of nitrogens with one attached hydrogen (secondary N) is 1. The molecule has 0 aliphatic heterocycles. The number of aliphatic hydroxyl groups excluding tert-OH is 1. The number of rotatable bonds is 8. The molecule has 2 N–H and O–H groups in total. The Balaban J connectivity index is 2.71. The first-order valence-electron chi connectivity index (χ1n) is 7.40. The quantitative estimate of drug-likeness (QED) is 0.748. The van der Waals surface area contributed by atoms with Gasteiger partial charge < -0.3 is 10.4 Å². The standard InChI is InChI=1S/C17H29NO/c1-5-17(4,13-19)12-18-16(11-14(2)3)15-9-7-6-8-10-15/h6-10,14,16,18-19H,5,11-13H2,1-4H3. The SMILES string of the molecule is CCC(C)(CO)CNC(CC(C)C)c1ccccc1. The maximum atomic E-state index is 9.51. The van der Waals surface area contributed by atoms with E-state index in [0.29, 0.717) is 12.0 Å². The van der Waals surface area contributed by atoms with Gasteiger partial charge in [-0.2, -0.15) is 0 Å². The van der Waals surface area contributed by atoms with Crippen LogP contribution >= 0.6 is 0 Å². The van der Waals surface area contributed by atoms with Crippen molar-refractivity contribution in [2.75, 3.05) is 13.2 Å². The molecule has 2 nitrogen and oxygen atoms in total. The van der Waals surface area contributed by atoms with Crippen molar-refractivity contribution in [1.82, 2.24) is 5.32 Å². The maximum absolute atomic E-state index is 9.51. The third kappa shape index (κ3) is 5.33. The summed E-state index contributed by atoms with van der Waals surface area (Å²) in [5.74, 6) is 0.653. The van der Waals surface area contributed by atoms with Crippen molar-refractivity contribution in [3.05, 3.63) is 35.9 Å². The highest BCUT2D eigenvalue weighted by Gasteiger charge is 2.23. The molecule has 19 heavy (non-hydrogen) atoms. The van der Waals surface area contributed by atoms with Crippen LogP contribution in [0, 0.1) is 11.3 Å². The van der Waals surface area contributed by atoms with E-state index in [2.05, 4.69) is 63.3 Å². The Bertz CT molecular complexity index is 344. The van der Waals surface area contributed by atoms with Crippen LogP contribution in [-0.2, 0) is 0 Å². The molecule has 0 aliphatic carbocycles. The van der Waals surface area contributed by atoms with Crippen LogP contribution in [0.4, 0.5) is 0 Å². The van der Waals surface area contributed by atoms with Crippen LogP contribution in [0.15, 0.2) is 30.3 Å². The predicted octanol–water partition coefficient (Wildman–Crippen LogP) is 3.77. The van der Waals surface area contributed by atoms with E-state index in [0.717, 1.165) is 19.4 Å². The summed E-state index contributed by atoms with van der Waals surface area (Å²) < 4.78 is 0. The van der Waals surface area contributed by atoms with Gasteiger partial charge >= 0.3 is 0 Å². The smallest absolute Gasteiger partial charge is 0.0496 e. The minimum atomic E-state index is -0.0238. The fourth-order valence-corrected chi connectivity index (χ4v) is 2.16. The predicted molar refractivity (Wildman–Crippen MR) is 82.1 cm³/mol. The van der Waals surface area contributed by atoms with Gasteiger partial charge in [0.1, 0.15) is 0 Å². The van der Waals surface area contributed by atoms with Crippen molar-refractivity contribution < 1.29 is 5.11 Å². The molecule has 2 atom stereocenters. The van der Waals surface area contributed by atoms with Crippen molar-refractivity contribution in [2.24, 2.45) is 11.3 Å². The number of hydrogen-bond acceptors (Lipinski definition) is 2. The third-order valence-corrected chi connectivity index (χ3v) is 3.92. The van der Waals surface area contributed by atoms with Gasteiger partial charge in [-0.1, -0.05) is 58.0 Å². The first-order valence-corrected chi connectivity index (χ1v) is 7.40. The zero-order chi connectivity index (χ0) is 14.3. The molecule has 0 spiro atoms. The minimum Gasteiger partial charge on any atom is -0.396 e. The number of benzene rings is 1. The molecule has 0 radical (unpaired) electrons. The molecule has 1 aromatic rings. The summed E-state index contributed by atoms with van der Waals surface area (Å²) in [6.07, 6.45) is 2.11. The van der Waals surface area contributed by atoms with Gasteiger partial charge in [-0.05, 0) is 24.3 Å². The van der Waals surface area contributed by atoms with E-state index in [1.807, 2.05) is 0 Å². The molecule has 0 amide bonds. The largest absolute Gasteiger partial charge is 0.396 e. The van der Waals surface area contributed by atoms with Crippen LogP contribution in [0.3, 0.4) is 0 Å². The Hall–Kier alpha value is -0.860. The van der Waals surface area contributed by atoms with Crippen molar-refractivity contribution in [2.45, 2.75) is 46.6 Å². The van der Waals surface area contributed by atoms with Gasteiger partial charge in [-0.25, -0.2) is 0 Å². The lowest BCUT2D eigenvalue weighted by Gasteiger charge is -2.30. The molecule has 108 valence electrons. The summed E-state index contributed by atoms with van der Waals surface area (Å²) in [6.45, 7) is 9.87. The van der Waals surface area contributed by atoms with Crippen LogP contribution in [0.25, 0.3) is 0 Å². The molecular formula is C17H29NO. The van der Waals surface area contributed by atoms with Crippen molar-refractivity contribution >= 4 is 0 Å². The van der Waals surface area contributed by atoms with Crippen LogP contribution in [0.2, 0.25) is 0 Å². The highest BCUT2D eigenvalue weighted by Crippen LogP contribution is 2.24. The Morgan fingerprint density at radius 3 is 2.32 bits per heavy atom. The van der Waals surface area contributed by atoms with E-state index < -0.39 is 0 Å². The lowest BCUT2D eigenvalue weighted by Crippen LogP contribution is -2.36. The molecule has 1 rings (SSSR count). The van der Waals surface area contributed by atoms with E-state index in [4.69, 9.17) is 0 Å². The Morgan fingerprint density at radius 1 is 1.21 bits per heavy atom. The molecule has 0 saturated carbocycles. The highest BCUT2D eigenvalue weighted by atomic mass is 16.3. The van der Waals surface area contributed by atoms with E-state index in [1.54, 1.807) is 0 Å². The minimum absolute atomic E-state index is 0.0238. The first-order chi connectivity index (χ1) is 9.00. The van der Waals surface area contributed by atoms with Crippen LogP contribution < -0.4 is 5.32 Å². The third-order valence-electron chi connectivity index (χ3n) is 3.92. The summed E-state index contributed by atoms with van der Waals surface area (Å²) in [7, 11) is 0. The monoisotopic (exact) mass is 263 g/mol. The lowest BCUT2D eigenvalue weighted by atomic mass is 9.87. The van der Waals surface area contributed by atoms with E-state index in [-0.39, 0.29) is 12.0 Å². The summed E-state index contributed by atoms with van der Waals surface area (Å²) in [6, 6.07) is 11.0. The molecule has 0 saturated heterocycles. The molecule has 2 heteroatoms. The molecule has 0 heterocycles. The normalized spacial score (nSPS) is 16.3. The summed E-state index contributed by atoms with van der Waals surface area (Å²) in [5.41, 5.74) is 1.32. The molecule has 0 fully saturated rings. The van der Waals surface area contributed by atoms with Gasteiger partial charge in [0.05, 0.1) is 0 Å². The number of hydrogen-bond donors (Lipinski definition) is 2. The van der Waals surface area contributed by atoms with Gasteiger partial charge in [0, 0.05) is 24.6 Å². The second kappa shape index (κ2) is 7.66. The Kier molecular flexibility index (Phi) is 6.53. The second-order valence-corrected chi connectivity index (χ2v) is 6.30. The molecule has 1 aromatic carbocycles. The van der Waals surface area contributed by atoms with Crippen molar-refractivity contribution in [3.63, 3.8) is 0 Å². The zero-order valence-electron chi connectivity index (χ0n) is 12.8. The van der Waals surface area contributed by atoms with Gasteiger partial charge in [0.2, 0.25) is 0 Å². The fraction of sp³-hybridized carbons (Fsp3) is 0.647. The maximum Gasteiger partial charge on any atom is 0.0496 e. The lowest BCUT2D eigenvalue weighted by molar-refractivity contribution is 0.130. The van der Waals surface area contributed by atoms with E-state index in [9.17, 15) is 5.11 Å². The summed E-state index contributed by atoms with van der Waals surface area (Å²) in [5, 5.41) is 13.2. The van der Waals surface area contributed by atoms with Gasteiger partial charge in [0.25, 0.3) is 0 Å². The second-order valence-electron chi connectivity index (χ2n) is 6.30. The van der Waals surface area contributed by atoms with Crippen LogP contribution in [0.1, 0.15) is 52.1 Å². The Morgan fingerprint density at radius 2 is 1.84 bits per heavy atom. The van der Waals surface area contributed by atoms with Crippen molar-refractivity contribution in [3.8, 4) is 0 Å². The van der Waals surface area contributed by atoms with Gasteiger partial charge in [-0.15, -0.1) is 0 Å². The highest BCUT2D eigenvalue weighted by molar-refractivity contribution is 5.19. The summed E-state index contributed by atoms with van der Waals surface area (Å²) >= 11 is 0. The number of aliphatic hydroxyl groups is 1. The topological polar surface area (TPSA) is 32.3 Å².